The fourth-order valence-corrected chi connectivity index (χ4v) is 1.40. The van der Waals surface area contributed by atoms with Crippen molar-refractivity contribution >= 4 is 15.9 Å². The molecule has 1 aliphatic rings. The van der Waals surface area contributed by atoms with Crippen LogP contribution in [0.4, 0.5) is 0 Å². The van der Waals surface area contributed by atoms with Crippen LogP contribution in [0.25, 0.3) is 0 Å². The van der Waals surface area contributed by atoms with Gasteiger partial charge in [-0.3, -0.25) is 0 Å². The summed E-state index contributed by atoms with van der Waals surface area (Å²) in [6.07, 6.45) is 5.45. The van der Waals surface area contributed by atoms with E-state index < -0.39 is 0 Å². The Labute approximate surface area is 52.7 Å². The van der Waals surface area contributed by atoms with E-state index in [0.717, 1.165) is 0 Å². The van der Waals surface area contributed by atoms with Crippen LogP contribution >= 0.6 is 15.9 Å². The topological polar surface area (TPSA) is 0 Å². The van der Waals surface area contributed by atoms with Crippen molar-refractivity contribution in [1.29, 1.82) is 0 Å². The van der Waals surface area contributed by atoms with Gasteiger partial charge in [0, 0.05) is 0 Å². The van der Waals surface area contributed by atoms with Gasteiger partial charge >= 0.3 is 0 Å². The van der Waals surface area contributed by atoms with Crippen LogP contribution in [0, 0.1) is 0 Å². The molecule has 0 aromatic rings. The quantitative estimate of drug-likeness (QED) is 0.512. The molecular formula is C6H9Br. The van der Waals surface area contributed by atoms with Crippen LogP contribution in [0.3, 0.4) is 0 Å². The second-order valence-electron chi connectivity index (χ2n) is 1.97. The van der Waals surface area contributed by atoms with E-state index in [1.165, 1.54) is 25.7 Å². The third-order valence-electron chi connectivity index (χ3n) is 1.40. The molecule has 0 spiro atoms. The standard InChI is InChI=1S/C6H9Br/c7-5-6-3-1-2-4-6/h5H,1-4H2. The van der Waals surface area contributed by atoms with Crippen LogP contribution in [0.15, 0.2) is 10.6 Å². The molecule has 0 bridgehead atoms. The van der Waals surface area contributed by atoms with Crippen molar-refractivity contribution < 1.29 is 0 Å². The molecule has 0 aliphatic heterocycles. The lowest BCUT2D eigenvalue weighted by Crippen LogP contribution is -1.63. The highest BCUT2D eigenvalue weighted by Gasteiger charge is 2.03. The minimum Gasteiger partial charge on any atom is -0.0633 e. The van der Waals surface area contributed by atoms with Gasteiger partial charge in [-0.05, 0) is 30.7 Å². The van der Waals surface area contributed by atoms with Crippen LogP contribution in [0.2, 0.25) is 0 Å². The molecule has 0 radical (unpaired) electrons. The Kier molecular flexibility index (Phi) is 1.92. The van der Waals surface area contributed by atoms with E-state index in [-0.39, 0.29) is 0 Å². The van der Waals surface area contributed by atoms with E-state index in [1.807, 2.05) is 0 Å². The third-order valence-corrected chi connectivity index (χ3v) is 2.05. The van der Waals surface area contributed by atoms with E-state index in [4.69, 9.17) is 0 Å². The summed E-state index contributed by atoms with van der Waals surface area (Å²) in [5.74, 6) is 0. The zero-order valence-corrected chi connectivity index (χ0v) is 5.87. The van der Waals surface area contributed by atoms with Gasteiger partial charge in [0.25, 0.3) is 0 Å². The van der Waals surface area contributed by atoms with Gasteiger partial charge in [-0.15, -0.1) is 0 Å². The average molecular weight is 161 g/mol. The van der Waals surface area contributed by atoms with E-state index >= 15 is 0 Å². The number of hydrogen-bond donors (Lipinski definition) is 0. The third kappa shape index (κ3) is 1.30. The lowest BCUT2D eigenvalue weighted by molar-refractivity contribution is 0.886. The molecule has 1 saturated carbocycles. The van der Waals surface area contributed by atoms with E-state index in [2.05, 4.69) is 20.9 Å². The Morgan fingerprint density at radius 3 is 2.14 bits per heavy atom. The zero-order valence-electron chi connectivity index (χ0n) is 4.28. The summed E-state index contributed by atoms with van der Waals surface area (Å²) < 4.78 is 0. The lowest BCUT2D eigenvalue weighted by atomic mass is 10.3. The SMILES string of the molecule is BrC=C1CCCC1. The Balaban J connectivity index is 2.41. The maximum Gasteiger partial charge on any atom is -0.0197 e. The lowest BCUT2D eigenvalue weighted by Gasteiger charge is -1.84. The largest absolute Gasteiger partial charge is 0.0633 e. The first-order valence-electron chi connectivity index (χ1n) is 2.71. The molecule has 40 valence electrons. The van der Waals surface area contributed by atoms with Crippen molar-refractivity contribution in [3.05, 3.63) is 10.6 Å². The van der Waals surface area contributed by atoms with Crippen LogP contribution in [0.5, 0.6) is 0 Å². The van der Waals surface area contributed by atoms with Crippen LogP contribution in [-0.2, 0) is 0 Å². The molecule has 0 nitrogen and oxygen atoms in total. The predicted octanol–water partition coefficient (Wildman–Crippen LogP) is 2.84. The molecule has 1 aliphatic carbocycles. The van der Waals surface area contributed by atoms with Crippen molar-refractivity contribution in [2.45, 2.75) is 25.7 Å². The molecule has 0 aromatic heterocycles. The van der Waals surface area contributed by atoms with Crippen molar-refractivity contribution in [3.63, 3.8) is 0 Å². The van der Waals surface area contributed by atoms with Gasteiger partial charge in [0.15, 0.2) is 0 Å². The minimum atomic E-state index is 1.32. The summed E-state index contributed by atoms with van der Waals surface area (Å²) in [5.41, 5.74) is 1.58. The molecule has 0 amide bonds. The molecule has 1 rings (SSSR count). The smallest absolute Gasteiger partial charge is 0.0197 e. The Morgan fingerprint density at radius 2 is 1.86 bits per heavy atom. The van der Waals surface area contributed by atoms with E-state index in [9.17, 15) is 0 Å². The van der Waals surface area contributed by atoms with Gasteiger partial charge < -0.3 is 0 Å². The molecule has 1 fully saturated rings. The highest BCUT2D eigenvalue weighted by molar-refractivity contribution is 9.11. The molecule has 0 atom stereocenters. The molecule has 7 heavy (non-hydrogen) atoms. The zero-order chi connectivity index (χ0) is 5.11. The minimum absolute atomic E-state index is 1.32. The Hall–Kier alpha value is 0.220. The van der Waals surface area contributed by atoms with E-state index in [0.29, 0.717) is 0 Å². The highest BCUT2D eigenvalue weighted by Crippen LogP contribution is 2.24. The summed E-state index contributed by atoms with van der Waals surface area (Å²) in [5, 5.41) is 0. The van der Waals surface area contributed by atoms with Gasteiger partial charge in [0.2, 0.25) is 0 Å². The van der Waals surface area contributed by atoms with E-state index in [1.54, 1.807) is 5.57 Å². The summed E-state index contributed by atoms with van der Waals surface area (Å²) in [6.45, 7) is 0. The highest BCUT2D eigenvalue weighted by atomic mass is 79.9. The van der Waals surface area contributed by atoms with Gasteiger partial charge in [0.05, 0.1) is 0 Å². The average Bonchev–Trinajstić information content (AvgIpc) is 2.14. The second kappa shape index (κ2) is 2.51. The molecule has 0 heterocycles. The first-order valence-corrected chi connectivity index (χ1v) is 3.63. The van der Waals surface area contributed by atoms with Gasteiger partial charge in [-0.1, -0.05) is 21.5 Å². The fraction of sp³-hybridized carbons (Fsp3) is 0.667. The molecule has 0 N–H and O–H groups in total. The van der Waals surface area contributed by atoms with Crippen molar-refractivity contribution in [3.8, 4) is 0 Å². The predicted molar refractivity (Wildman–Crippen MR) is 35.5 cm³/mol. The molecule has 0 unspecified atom stereocenters. The van der Waals surface area contributed by atoms with Crippen LogP contribution in [-0.4, -0.2) is 0 Å². The van der Waals surface area contributed by atoms with Crippen molar-refractivity contribution in [2.24, 2.45) is 0 Å². The Morgan fingerprint density at radius 1 is 1.29 bits per heavy atom. The molecule has 0 aromatic carbocycles. The molecular weight excluding hydrogens is 152 g/mol. The fourth-order valence-electron chi connectivity index (χ4n) is 0.938. The molecule has 1 heteroatoms. The first kappa shape index (κ1) is 5.36. The van der Waals surface area contributed by atoms with Crippen molar-refractivity contribution in [2.75, 3.05) is 0 Å². The summed E-state index contributed by atoms with van der Waals surface area (Å²) in [7, 11) is 0. The maximum absolute atomic E-state index is 3.31. The summed E-state index contributed by atoms with van der Waals surface area (Å²) in [6, 6.07) is 0. The summed E-state index contributed by atoms with van der Waals surface area (Å²) in [4.78, 5) is 2.07. The number of halogens is 1. The van der Waals surface area contributed by atoms with Crippen LogP contribution in [0.1, 0.15) is 25.7 Å². The first-order chi connectivity index (χ1) is 3.43. The summed E-state index contributed by atoms with van der Waals surface area (Å²) >= 11 is 3.31. The Bertz CT molecular complexity index is 76.2. The second-order valence-corrected chi connectivity index (χ2v) is 2.43. The van der Waals surface area contributed by atoms with Crippen molar-refractivity contribution in [1.82, 2.24) is 0 Å². The number of hydrogen-bond acceptors (Lipinski definition) is 0. The van der Waals surface area contributed by atoms with Gasteiger partial charge in [-0.25, -0.2) is 0 Å². The van der Waals surface area contributed by atoms with Gasteiger partial charge in [0.1, 0.15) is 0 Å². The van der Waals surface area contributed by atoms with Crippen LogP contribution < -0.4 is 0 Å². The monoisotopic (exact) mass is 160 g/mol. The normalized spacial score (nSPS) is 20.4. The maximum atomic E-state index is 3.31. The molecule has 0 saturated heterocycles. The number of allylic oxidation sites excluding steroid dienone is 1. The number of rotatable bonds is 0. The van der Waals surface area contributed by atoms with Gasteiger partial charge in [-0.2, -0.15) is 0 Å².